The molecule has 0 unspecified atom stereocenters. The monoisotopic (exact) mass is 269 g/mol. The van der Waals surface area contributed by atoms with Crippen molar-refractivity contribution in [2.24, 2.45) is 0 Å². The van der Waals surface area contributed by atoms with Crippen molar-refractivity contribution in [1.82, 2.24) is 9.97 Å². The molecule has 0 radical (unpaired) electrons. The first-order chi connectivity index (χ1) is 9.19. The molecule has 0 amide bonds. The van der Waals surface area contributed by atoms with Gasteiger partial charge in [-0.3, -0.25) is 0 Å². The van der Waals surface area contributed by atoms with Crippen LogP contribution >= 0.6 is 11.3 Å². The van der Waals surface area contributed by atoms with E-state index in [2.05, 4.69) is 58.1 Å². The van der Waals surface area contributed by atoms with Crippen molar-refractivity contribution in [3.8, 4) is 11.4 Å². The van der Waals surface area contributed by atoms with Crippen LogP contribution in [0.25, 0.3) is 22.3 Å². The lowest BCUT2D eigenvalue weighted by Crippen LogP contribution is -1.99. The summed E-state index contributed by atoms with van der Waals surface area (Å²) in [7, 11) is 1.90. The van der Waals surface area contributed by atoms with Gasteiger partial charge in [-0.15, -0.1) is 0 Å². The average molecular weight is 269 g/mol. The van der Waals surface area contributed by atoms with E-state index in [0.29, 0.717) is 0 Å². The van der Waals surface area contributed by atoms with Crippen LogP contribution in [0.4, 0.5) is 5.82 Å². The third-order valence-corrected chi connectivity index (χ3v) is 4.05. The molecule has 0 spiro atoms. The first kappa shape index (κ1) is 12.1. The molecule has 2 heterocycles. The Morgan fingerprint density at radius 1 is 1.11 bits per heavy atom. The van der Waals surface area contributed by atoms with Crippen molar-refractivity contribution in [3.63, 3.8) is 0 Å². The van der Waals surface area contributed by atoms with E-state index >= 15 is 0 Å². The largest absolute Gasteiger partial charge is 0.373 e. The fraction of sp³-hybridized carbons (Fsp3) is 0.200. The van der Waals surface area contributed by atoms with Crippen LogP contribution in [0.3, 0.4) is 0 Å². The van der Waals surface area contributed by atoms with Crippen LogP contribution in [0.15, 0.2) is 29.0 Å². The minimum Gasteiger partial charge on any atom is -0.373 e. The van der Waals surface area contributed by atoms with E-state index in [4.69, 9.17) is 0 Å². The molecule has 0 fully saturated rings. The highest BCUT2D eigenvalue weighted by molar-refractivity contribution is 7.08. The minimum absolute atomic E-state index is 0.791. The van der Waals surface area contributed by atoms with Gasteiger partial charge < -0.3 is 5.32 Å². The molecule has 0 atom stereocenters. The van der Waals surface area contributed by atoms with Crippen LogP contribution in [-0.4, -0.2) is 17.0 Å². The van der Waals surface area contributed by atoms with Crippen LogP contribution in [0.2, 0.25) is 0 Å². The van der Waals surface area contributed by atoms with Gasteiger partial charge >= 0.3 is 0 Å². The number of anilines is 1. The molecule has 1 N–H and O–H groups in total. The summed E-state index contributed by atoms with van der Waals surface area (Å²) in [6.07, 6.45) is 0. The van der Waals surface area contributed by atoms with Crippen LogP contribution in [-0.2, 0) is 0 Å². The average Bonchev–Trinajstić information content (AvgIpc) is 2.84. The summed E-state index contributed by atoms with van der Waals surface area (Å²) >= 11 is 1.68. The maximum absolute atomic E-state index is 4.68. The van der Waals surface area contributed by atoms with E-state index in [9.17, 15) is 0 Å². The fourth-order valence-corrected chi connectivity index (χ4v) is 2.97. The predicted molar refractivity (Wildman–Crippen MR) is 81.9 cm³/mol. The third-order valence-electron chi connectivity index (χ3n) is 3.18. The first-order valence-electron chi connectivity index (χ1n) is 6.18. The van der Waals surface area contributed by atoms with E-state index in [-0.39, 0.29) is 0 Å². The van der Waals surface area contributed by atoms with E-state index in [1.54, 1.807) is 11.3 Å². The Morgan fingerprint density at radius 3 is 2.63 bits per heavy atom. The van der Waals surface area contributed by atoms with Crippen molar-refractivity contribution in [2.45, 2.75) is 13.8 Å². The zero-order valence-electron chi connectivity index (χ0n) is 11.2. The summed E-state index contributed by atoms with van der Waals surface area (Å²) in [6.45, 7) is 4.17. The van der Waals surface area contributed by atoms with Crippen LogP contribution in [0.5, 0.6) is 0 Å². The van der Waals surface area contributed by atoms with Gasteiger partial charge in [-0.1, -0.05) is 11.6 Å². The maximum Gasteiger partial charge on any atom is 0.163 e. The number of nitrogens with zero attached hydrogens (tertiary/aromatic N) is 2. The molecule has 3 nitrogen and oxygen atoms in total. The molecule has 96 valence electrons. The van der Waals surface area contributed by atoms with Crippen molar-refractivity contribution in [3.05, 3.63) is 40.1 Å². The van der Waals surface area contributed by atoms with Crippen LogP contribution < -0.4 is 5.32 Å². The van der Waals surface area contributed by atoms with Crippen molar-refractivity contribution < 1.29 is 0 Å². The summed E-state index contributed by atoms with van der Waals surface area (Å²) in [5, 5.41) is 8.46. The number of aryl methyl sites for hydroxylation is 2. The number of fused-ring (bicyclic) bond motifs is 1. The highest BCUT2D eigenvalue weighted by Crippen LogP contribution is 2.28. The zero-order chi connectivity index (χ0) is 13.4. The number of aromatic nitrogens is 2. The van der Waals surface area contributed by atoms with Gasteiger partial charge in [0.05, 0.1) is 5.52 Å². The van der Waals surface area contributed by atoms with Crippen LogP contribution in [0.1, 0.15) is 11.1 Å². The second-order valence-electron chi connectivity index (χ2n) is 4.63. The molecule has 4 heteroatoms. The smallest absolute Gasteiger partial charge is 0.163 e. The molecule has 0 saturated heterocycles. The van der Waals surface area contributed by atoms with Crippen molar-refractivity contribution in [2.75, 3.05) is 12.4 Å². The van der Waals surface area contributed by atoms with E-state index in [0.717, 1.165) is 28.1 Å². The molecule has 3 rings (SSSR count). The Bertz CT molecular complexity index is 746. The molecule has 0 aliphatic heterocycles. The number of nitrogens with one attached hydrogen (secondary N) is 1. The summed E-state index contributed by atoms with van der Waals surface area (Å²) in [6, 6.07) is 6.25. The van der Waals surface area contributed by atoms with Gasteiger partial charge in [0.25, 0.3) is 0 Å². The summed E-state index contributed by atoms with van der Waals surface area (Å²) < 4.78 is 0. The Labute approximate surface area is 116 Å². The zero-order valence-corrected chi connectivity index (χ0v) is 12.0. The normalized spacial score (nSPS) is 10.9. The molecule has 2 aromatic heterocycles. The molecule has 0 bridgehead atoms. The summed E-state index contributed by atoms with van der Waals surface area (Å²) in [5.41, 5.74) is 4.53. The van der Waals surface area contributed by atoms with Crippen molar-refractivity contribution >= 4 is 28.1 Å². The standard InChI is InChI=1S/C15H15N3S/c1-9-4-5-13-11(6-9)14(16-3)18-15(17-13)12-8-19-7-10(12)2/h4-8H,1-3H3,(H,16,17,18). The van der Waals surface area contributed by atoms with E-state index in [1.807, 2.05) is 7.05 Å². The molecule has 19 heavy (non-hydrogen) atoms. The second kappa shape index (κ2) is 4.63. The van der Waals surface area contributed by atoms with Crippen LogP contribution in [0, 0.1) is 13.8 Å². The van der Waals surface area contributed by atoms with Gasteiger partial charge in [0.1, 0.15) is 5.82 Å². The third kappa shape index (κ3) is 2.08. The van der Waals surface area contributed by atoms with Crippen molar-refractivity contribution in [1.29, 1.82) is 0 Å². The number of thiophene rings is 1. The van der Waals surface area contributed by atoms with Gasteiger partial charge in [-0.05, 0) is 36.9 Å². The molecular weight excluding hydrogens is 254 g/mol. The lowest BCUT2D eigenvalue weighted by Gasteiger charge is -2.08. The second-order valence-corrected chi connectivity index (χ2v) is 5.38. The molecule has 0 aliphatic carbocycles. The van der Waals surface area contributed by atoms with E-state index in [1.165, 1.54) is 11.1 Å². The molecule has 1 aromatic carbocycles. The van der Waals surface area contributed by atoms with Gasteiger partial charge in [-0.2, -0.15) is 11.3 Å². The molecule has 0 saturated carbocycles. The van der Waals surface area contributed by atoms with Gasteiger partial charge in [0.2, 0.25) is 0 Å². The Balaban J connectivity index is 2.29. The number of hydrogen-bond donors (Lipinski definition) is 1. The van der Waals surface area contributed by atoms with Gasteiger partial charge in [0, 0.05) is 23.4 Å². The molecule has 0 aliphatic rings. The minimum atomic E-state index is 0.791. The fourth-order valence-electron chi connectivity index (χ4n) is 2.14. The Hall–Kier alpha value is -1.94. The van der Waals surface area contributed by atoms with E-state index < -0.39 is 0 Å². The highest BCUT2D eigenvalue weighted by Gasteiger charge is 2.11. The maximum atomic E-state index is 4.68. The molecule has 3 aromatic rings. The molecular formula is C15H15N3S. The summed E-state index contributed by atoms with van der Waals surface area (Å²) in [4.78, 5) is 9.33. The highest BCUT2D eigenvalue weighted by atomic mass is 32.1. The Morgan fingerprint density at radius 2 is 1.95 bits per heavy atom. The topological polar surface area (TPSA) is 37.8 Å². The number of benzene rings is 1. The summed E-state index contributed by atoms with van der Waals surface area (Å²) in [5.74, 6) is 1.67. The number of hydrogen-bond acceptors (Lipinski definition) is 4. The first-order valence-corrected chi connectivity index (χ1v) is 7.12. The Kier molecular flexibility index (Phi) is 2.95. The number of rotatable bonds is 2. The van der Waals surface area contributed by atoms with Gasteiger partial charge in [-0.25, -0.2) is 9.97 Å². The SMILES string of the molecule is CNc1nc(-c2cscc2C)nc2ccc(C)cc12. The lowest BCUT2D eigenvalue weighted by molar-refractivity contribution is 1.21. The predicted octanol–water partition coefficient (Wildman–Crippen LogP) is 4.02. The quantitative estimate of drug-likeness (QED) is 0.763. The van der Waals surface area contributed by atoms with Gasteiger partial charge in [0.15, 0.2) is 5.82 Å². The lowest BCUT2D eigenvalue weighted by atomic mass is 10.1.